The summed E-state index contributed by atoms with van der Waals surface area (Å²) in [6.07, 6.45) is 0.519. The maximum absolute atomic E-state index is 12.3. The molecule has 0 aromatic heterocycles. The molecule has 44 heavy (non-hydrogen) atoms. The lowest BCUT2D eigenvalue weighted by Gasteiger charge is -2.16. The molecule has 1 heterocycles. The summed E-state index contributed by atoms with van der Waals surface area (Å²) in [6, 6.07) is 0. The van der Waals surface area contributed by atoms with Crippen LogP contribution in [0.3, 0.4) is 0 Å². The number of carbonyl (C=O) groups excluding carboxylic acids is 4. The third kappa shape index (κ3) is 21.5. The lowest BCUT2D eigenvalue weighted by molar-refractivity contribution is -0.140. The van der Waals surface area contributed by atoms with Crippen LogP contribution in [0.5, 0.6) is 0 Å². The lowest BCUT2D eigenvalue weighted by atomic mass is 9.94. The van der Waals surface area contributed by atoms with Gasteiger partial charge in [0.15, 0.2) is 0 Å². The van der Waals surface area contributed by atoms with Gasteiger partial charge >= 0.3 is 0 Å². The first kappa shape index (κ1) is 39.8. The number of primary amides is 1. The number of likely N-dealkylation sites (tertiary alicyclic amines) is 1. The Bertz CT molecular complexity index is 787. The fourth-order valence-corrected chi connectivity index (χ4v) is 3.84. The van der Waals surface area contributed by atoms with Gasteiger partial charge in [0.2, 0.25) is 23.6 Å². The van der Waals surface area contributed by atoms with Gasteiger partial charge in [-0.25, -0.2) is 0 Å². The smallest absolute Gasteiger partial charge is 0.233 e. The Hall–Kier alpha value is -2.24. The first-order chi connectivity index (χ1) is 21.3. The summed E-state index contributed by atoms with van der Waals surface area (Å²) in [7, 11) is 0. The molecule has 1 atom stereocenters. The SMILES string of the molecule is CC(C)C1CC(=O)N(CCC(=O)NCCOCCOCCOCCOCCOCCOCCOCCOCCC(N)=O)C1=O. The van der Waals surface area contributed by atoms with E-state index in [1.54, 1.807) is 0 Å². The van der Waals surface area contributed by atoms with Crippen molar-refractivity contribution in [1.29, 1.82) is 0 Å². The third-order valence-electron chi connectivity index (χ3n) is 6.31. The topological polar surface area (TPSA) is 183 Å². The summed E-state index contributed by atoms with van der Waals surface area (Å²) in [5, 5.41) is 2.72. The number of nitrogens with two attached hydrogens (primary N) is 1. The summed E-state index contributed by atoms with van der Waals surface area (Å²) < 4.78 is 43.1. The van der Waals surface area contributed by atoms with Gasteiger partial charge in [-0.05, 0) is 5.92 Å². The van der Waals surface area contributed by atoms with Gasteiger partial charge < -0.3 is 48.9 Å². The average molecular weight is 636 g/mol. The zero-order chi connectivity index (χ0) is 32.3. The predicted octanol–water partition coefficient (Wildman–Crippen LogP) is -0.468. The van der Waals surface area contributed by atoms with Crippen molar-refractivity contribution < 1.29 is 57.1 Å². The first-order valence-electron chi connectivity index (χ1n) is 15.3. The fraction of sp³-hybridized carbons (Fsp3) is 0.862. The molecule has 0 aromatic rings. The Kier molecular flexibility index (Phi) is 24.5. The van der Waals surface area contributed by atoms with Gasteiger partial charge in [-0.15, -0.1) is 0 Å². The Morgan fingerprint density at radius 1 is 0.682 bits per heavy atom. The summed E-state index contributed by atoms with van der Waals surface area (Å²) in [6.45, 7) is 11.2. The first-order valence-corrected chi connectivity index (χ1v) is 15.3. The standard InChI is InChI=1S/C29H53N3O12/c1-24(2)25-23-28(35)32(29(25)36)6-3-27(34)31-5-8-38-10-12-40-14-16-42-18-20-44-22-21-43-19-17-41-15-13-39-11-9-37-7-4-26(30)33/h24-25H,3-23H2,1-2H3,(H2,30,33)(H,31,34). The molecule has 1 fully saturated rings. The molecular formula is C29H53N3O12. The molecule has 0 aliphatic carbocycles. The van der Waals surface area contributed by atoms with Crippen LogP contribution in [0.25, 0.3) is 0 Å². The molecule has 0 radical (unpaired) electrons. The van der Waals surface area contributed by atoms with E-state index in [0.29, 0.717) is 112 Å². The second-order valence-corrected chi connectivity index (χ2v) is 10.2. The summed E-state index contributed by atoms with van der Waals surface area (Å²) in [5.41, 5.74) is 5.01. The fourth-order valence-electron chi connectivity index (χ4n) is 3.84. The molecule has 15 heteroatoms. The maximum atomic E-state index is 12.3. The van der Waals surface area contributed by atoms with Crippen molar-refractivity contribution in [2.45, 2.75) is 33.1 Å². The number of nitrogens with one attached hydrogen (secondary N) is 1. The number of carbonyl (C=O) groups is 4. The van der Waals surface area contributed by atoms with Crippen LogP contribution in [-0.2, 0) is 57.1 Å². The number of hydrogen-bond donors (Lipinski definition) is 2. The monoisotopic (exact) mass is 635 g/mol. The van der Waals surface area contributed by atoms with Gasteiger partial charge in [0, 0.05) is 38.3 Å². The summed E-state index contributed by atoms with van der Waals surface area (Å²) in [4.78, 5) is 48.0. The zero-order valence-electron chi connectivity index (χ0n) is 26.4. The highest BCUT2D eigenvalue weighted by Crippen LogP contribution is 2.26. The van der Waals surface area contributed by atoms with E-state index >= 15 is 0 Å². The van der Waals surface area contributed by atoms with Crippen molar-refractivity contribution in [1.82, 2.24) is 10.2 Å². The minimum Gasteiger partial charge on any atom is -0.379 e. The Balaban J connectivity index is 1.74. The van der Waals surface area contributed by atoms with Gasteiger partial charge in [0.05, 0.1) is 106 Å². The zero-order valence-corrected chi connectivity index (χ0v) is 26.4. The van der Waals surface area contributed by atoms with E-state index in [1.807, 2.05) is 13.8 Å². The van der Waals surface area contributed by atoms with Crippen LogP contribution < -0.4 is 11.1 Å². The van der Waals surface area contributed by atoms with Crippen LogP contribution in [-0.4, -0.2) is 147 Å². The highest BCUT2D eigenvalue weighted by atomic mass is 16.6. The van der Waals surface area contributed by atoms with E-state index in [2.05, 4.69) is 5.32 Å². The molecule has 1 unspecified atom stereocenters. The van der Waals surface area contributed by atoms with Crippen molar-refractivity contribution in [2.24, 2.45) is 17.6 Å². The number of imide groups is 1. The molecule has 0 spiro atoms. The molecule has 15 nitrogen and oxygen atoms in total. The molecule has 0 bridgehead atoms. The molecule has 1 rings (SSSR count). The van der Waals surface area contributed by atoms with E-state index in [9.17, 15) is 19.2 Å². The Labute approximate surface area is 260 Å². The highest BCUT2D eigenvalue weighted by Gasteiger charge is 2.39. The molecule has 1 aliphatic heterocycles. The second kappa shape index (κ2) is 27.1. The average Bonchev–Trinajstić information content (AvgIpc) is 3.28. The van der Waals surface area contributed by atoms with Crippen LogP contribution in [0.2, 0.25) is 0 Å². The number of hydrogen-bond acceptors (Lipinski definition) is 12. The number of amides is 4. The van der Waals surface area contributed by atoms with Gasteiger partial charge in [0.1, 0.15) is 0 Å². The molecule has 4 amide bonds. The minimum atomic E-state index is -0.383. The van der Waals surface area contributed by atoms with Crippen LogP contribution >= 0.6 is 0 Å². The number of rotatable bonds is 31. The van der Waals surface area contributed by atoms with E-state index in [-0.39, 0.29) is 61.3 Å². The summed E-state index contributed by atoms with van der Waals surface area (Å²) >= 11 is 0. The van der Waals surface area contributed by atoms with Gasteiger partial charge in [0.25, 0.3) is 0 Å². The molecule has 3 N–H and O–H groups in total. The maximum Gasteiger partial charge on any atom is 0.233 e. The predicted molar refractivity (Wildman–Crippen MR) is 158 cm³/mol. The summed E-state index contributed by atoms with van der Waals surface area (Å²) in [5.74, 6) is -1.17. The van der Waals surface area contributed by atoms with Gasteiger partial charge in [-0.2, -0.15) is 0 Å². The molecule has 0 saturated carbocycles. The third-order valence-corrected chi connectivity index (χ3v) is 6.31. The van der Waals surface area contributed by atoms with E-state index in [4.69, 9.17) is 43.6 Å². The van der Waals surface area contributed by atoms with Gasteiger partial charge in [-0.3, -0.25) is 24.1 Å². The Morgan fingerprint density at radius 2 is 1.07 bits per heavy atom. The van der Waals surface area contributed by atoms with Crippen molar-refractivity contribution in [3.05, 3.63) is 0 Å². The van der Waals surface area contributed by atoms with Crippen LogP contribution in [0, 0.1) is 11.8 Å². The molecule has 1 saturated heterocycles. The van der Waals surface area contributed by atoms with Gasteiger partial charge in [-0.1, -0.05) is 13.8 Å². The molecular weight excluding hydrogens is 582 g/mol. The van der Waals surface area contributed by atoms with Crippen molar-refractivity contribution in [3.63, 3.8) is 0 Å². The molecule has 1 aliphatic rings. The Morgan fingerprint density at radius 3 is 1.43 bits per heavy atom. The second-order valence-electron chi connectivity index (χ2n) is 10.2. The minimum absolute atomic E-state index is 0.0822. The van der Waals surface area contributed by atoms with Crippen LogP contribution in [0.15, 0.2) is 0 Å². The van der Waals surface area contributed by atoms with E-state index in [0.717, 1.165) is 0 Å². The van der Waals surface area contributed by atoms with E-state index in [1.165, 1.54) is 4.90 Å². The van der Waals surface area contributed by atoms with Crippen molar-refractivity contribution in [2.75, 3.05) is 119 Å². The molecule has 256 valence electrons. The van der Waals surface area contributed by atoms with Crippen LogP contribution in [0.1, 0.15) is 33.1 Å². The number of nitrogens with zero attached hydrogens (tertiary/aromatic N) is 1. The van der Waals surface area contributed by atoms with E-state index < -0.39 is 0 Å². The largest absolute Gasteiger partial charge is 0.379 e. The highest BCUT2D eigenvalue weighted by molar-refractivity contribution is 6.03. The normalized spacial score (nSPS) is 15.1. The quantitative estimate of drug-likeness (QED) is 0.0739. The van der Waals surface area contributed by atoms with Crippen molar-refractivity contribution >= 4 is 23.6 Å². The van der Waals surface area contributed by atoms with Crippen LogP contribution in [0.4, 0.5) is 0 Å². The lowest BCUT2D eigenvalue weighted by Crippen LogP contribution is -2.36. The number of ether oxygens (including phenoxy) is 8. The molecule has 0 aromatic carbocycles. The van der Waals surface area contributed by atoms with Crippen molar-refractivity contribution in [3.8, 4) is 0 Å².